The number of halogens is 1. The van der Waals surface area contributed by atoms with E-state index in [0.29, 0.717) is 22.5 Å². The molecule has 4 nitrogen and oxygen atoms in total. The molecule has 0 saturated heterocycles. The lowest BCUT2D eigenvalue weighted by Crippen LogP contribution is -2.32. The first-order chi connectivity index (χ1) is 10.7. The highest BCUT2D eigenvalue weighted by Gasteiger charge is 2.22. The lowest BCUT2D eigenvalue weighted by molar-refractivity contribution is 0.553. The van der Waals surface area contributed by atoms with Crippen molar-refractivity contribution in [2.75, 3.05) is 11.9 Å². The predicted octanol–water partition coefficient (Wildman–Crippen LogP) is 3.80. The summed E-state index contributed by atoms with van der Waals surface area (Å²) < 4.78 is 13.6. The van der Waals surface area contributed by atoms with Crippen molar-refractivity contribution in [3.63, 3.8) is 0 Å². The first kappa shape index (κ1) is 14.7. The van der Waals surface area contributed by atoms with Crippen LogP contribution in [0.4, 0.5) is 10.1 Å². The molecule has 1 saturated carbocycles. The number of anilines is 1. The maximum absolute atomic E-state index is 13.6. The van der Waals surface area contributed by atoms with Crippen LogP contribution in [-0.4, -0.2) is 23.1 Å². The van der Waals surface area contributed by atoms with Gasteiger partial charge in [0.25, 0.3) is 0 Å². The molecule has 3 rings (SSSR count). The fourth-order valence-electron chi connectivity index (χ4n) is 3.35. The quantitative estimate of drug-likeness (QED) is 0.625. The van der Waals surface area contributed by atoms with Gasteiger partial charge >= 0.3 is 0 Å². The minimum Gasteiger partial charge on any atom is -0.370 e. The minimum atomic E-state index is -0.542. The van der Waals surface area contributed by atoms with Crippen molar-refractivity contribution >= 4 is 16.6 Å². The second-order valence-corrected chi connectivity index (χ2v) is 5.91. The summed E-state index contributed by atoms with van der Waals surface area (Å²) in [5.74, 6) is -0.542. The van der Waals surface area contributed by atoms with E-state index in [1.54, 1.807) is 6.20 Å². The molecule has 0 unspecified atom stereocenters. The Balaban J connectivity index is 2.10. The normalized spacial score (nSPS) is 16.2. The lowest BCUT2D eigenvalue weighted by atomic mass is 10.0. The molecule has 0 aromatic carbocycles. The molecule has 5 heteroatoms. The van der Waals surface area contributed by atoms with E-state index >= 15 is 0 Å². The summed E-state index contributed by atoms with van der Waals surface area (Å²) in [5.41, 5.74) is 1.89. The molecule has 0 N–H and O–H groups in total. The van der Waals surface area contributed by atoms with Gasteiger partial charge in [0.1, 0.15) is 6.07 Å². The lowest BCUT2D eigenvalue weighted by Gasteiger charge is -2.30. The Kier molecular flexibility index (Phi) is 4.19. The third-order valence-electron chi connectivity index (χ3n) is 4.54. The molecule has 114 valence electrons. The standard InChI is InChI=1S/C17H19FN4/c1-22(13-6-4-2-3-5-7-13)17-12(9-19)10-20-15-11-21-16(18)8-14(15)17/h8,10-11,13H,2-7H2,1H3. The minimum absolute atomic E-state index is 0.386. The van der Waals surface area contributed by atoms with E-state index in [1.807, 2.05) is 7.05 Å². The highest BCUT2D eigenvalue weighted by atomic mass is 19.1. The summed E-state index contributed by atoms with van der Waals surface area (Å²) in [6, 6.07) is 3.96. The van der Waals surface area contributed by atoms with E-state index in [4.69, 9.17) is 0 Å². The number of hydrogen-bond donors (Lipinski definition) is 0. The molecule has 22 heavy (non-hydrogen) atoms. The van der Waals surface area contributed by atoms with Gasteiger partial charge in [-0.3, -0.25) is 4.98 Å². The molecule has 2 aromatic rings. The van der Waals surface area contributed by atoms with Crippen LogP contribution in [0, 0.1) is 17.3 Å². The summed E-state index contributed by atoms with van der Waals surface area (Å²) in [4.78, 5) is 10.0. The monoisotopic (exact) mass is 298 g/mol. The fourth-order valence-corrected chi connectivity index (χ4v) is 3.35. The number of aromatic nitrogens is 2. The summed E-state index contributed by atoms with van der Waals surface area (Å²) in [7, 11) is 2.00. The Labute approximate surface area is 129 Å². The molecule has 1 aliphatic carbocycles. The Morgan fingerprint density at radius 1 is 1.18 bits per heavy atom. The zero-order chi connectivity index (χ0) is 15.5. The molecular weight excluding hydrogens is 279 g/mol. The first-order valence-corrected chi connectivity index (χ1v) is 7.78. The SMILES string of the molecule is CN(c1c(C#N)cnc2cnc(F)cc12)C1CCCCCC1. The van der Waals surface area contributed by atoms with Crippen molar-refractivity contribution in [1.82, 2.24) is 9.97 Å². The number of nitriles is 1. The van der Waals surface area contributed by atoms with Crippen molar-refractivity contribution in [3.05, 3.63) is 30.0 Å². The molecule has 0 spiro atoms. The molecule has 0 atom stereocenters. The first-order valence-electron chi connectivity index (χ1n) is 7.78. The molecule has 1 fully saturated rings. The van der Waals surface area contributed by atoms with Crippen LogP contribution in [-0.2, 0) is 0 Å². The molecule has 0 bridgehead atoms. The fraction of sp³-hybridized carbons (Fsp3) is 0.471. The van der Waals surface area contributed by atoms with Crippen LogP contribution in [0.15, 0.2) is 18.5 Å². The number of nitrogens with zero attached hydrogens (tertiary/aromatic N) is 4. The number of fused-ring (bicyclic) bond motifs is 1. The van der Waals surface area contributed by atoms with E-state index in [9.17, 15) is 9.65 Å². The molecule has 2 heterocycles. The van der Waals surface area contributed by atoms with Crippen molar-refractivity contribution in [1.29, 1.82) is 5.26 Å². The van der Waals surface area contributed by atoms with Crippen molar-refractivity contribution in [2.45, 2.75) is 44.6 Å². The second kappa shape index (κ2) is 6.27. The number of pyridine rings is 2. The Hall–Kier alpha value is -2.22. The van der Waals surface area contributed by atoms with Gasteiger partial charge in [0.2, 0.25) is 5.95 Å². The topological polar surface area (TPSA) is 52.8 Å². The highest BCUT2D eigenvalue weighted by Crippen LogP contribution is 2.33. The molecule has 1 aliphatic rings. The largest absolute Gasteiger partial charge is 0.370 e. The van der Waals surface area contributed by atoms with E-state index in [1.165, 1.54) is 37.9 Å². The molecule has 0 radical (unpaired) electrons. The van der Waals surface area contributed by atoms with Crippen molar-refractivity contribution < 1.29 is 4.39 Å². The highest BCUT2D eigenvalue weighted by molar-refractivity contribution is 5.94. The summed E-state index contributed by atoms with van der Waals surface area (Å²) >= 11 is 0. The average molecular weight is 298 g/mol. The Morgan fingerprint density at radius 2 is 1.91 bits per heavy atom. The molecule has 0 aliphatic heterocycles. The van der Waals surface area contributed by atoms with Gasteiger partial charge in [-0.15, -0.1) is 0 Å². The van der Waals surface area contributed by atoms with Gasteiger partial charge in [-0.25, -0.2) is 4.98 Å². The van der Waals surface area contributed by atoms with E-state index in [0.717, 1.165) is 18.5 Å². The molecular formula is C17H19FN4. The van der Waals surface area contributed by atoms with Crippen molar-refractivity contribution in [2.24, 2.45) is 0 Å². The van der Waals surface area contributed by atoms with Gasteiger partial charge in [0.05, 0.1) is 23.0 Å². The van der Waals surface area contributed by atoms with Crippen LogP contribution >= 0.6 is 0 Å². The van der Waals surface area contributed by atoms with Crippen LogP contribution in [0.2, 0.25) is 0 Å². The maximum Gasteiger partial charge on any atom is 0.213 e. The predicted molar refractivity (Wildman–Crippen MR) is 84.1 cm³/mol. The Morgan fingerprint density at radius 3 is 2.59 bits per heavy atom. The smallest absolute Gasteiger partial charge is 0.213 e. The van der Waals surface area contributed by atoms with Crippen molar-refractivity contribution in [3.8, 4) is 6.07 Å². The summed E-state index contributed by atoms with van der Waals surface area (Å²) in [5, 5.41) is 10.1. The maximum atomic E-state index is 13.6. The second-order valence-electron chi connectivity index (χ2n) is 5.91. The van der Waals surface area contributed by atoms with E-state index in [2.05, 4.69) is 20.9 Å². The Bertz CT molecular complexity index is 714. The third kappa shape index (κ3) is 2.74. The van der Waals surface area contributed by atoms with E-state index < -0.39 is 5.95 Å². The third-order valence-corrected chi connectivity index (χ3v) is 4.54. The van der Waals surface area contributed by atoms with Gasteiger partial charge in [-0.2, -0.15) is 9.65 Å². The number of hydrogen-bond acceptors (Lipinski definition) is 4. The average Bonchev–Trinajstić information content (AvgIpc) is 2.82. The van der Waals surface area contributed by atoms with Gasteiger partial charge in [0.15, 0.2) is 0 Å². The zero-order valence-corrected chi connectivity index (χ0v) is 12.7. The van der Waals surface area contributed by atoms with Gasteiger partial charge in [-0.05, 0) is 12.8 Å². The number of rotatable bonds is 2. The van der Waals surface area contributed by atoms with Gasteiger partial charge < -0.3 is 4.90 Å². The van der Waals surface area contributed by atoms with Gasteiger partial charge in [0, 0.05) is 30.7 Å². The van der Waals surface area contributed by atoms with E-state index in [-0.39, 0.29) is 0 Å². The zero-order valence-electron chi connectivity index (χ0n) is 12.7. The summed E-state index contributed by atoms with van der Waals surface area (Å²) in [6.07, 6.45) is 10.2. The molecule has 0 amide bonds. The molecule has 2 aromatic heterocycles. The van der Waals surface area contributed by atoms with Crippen LogP contribution in [0.1, 0.15) is 44.1 Å². The summed E-state index contributed by atoms with van der Waals surface area (Å²) in [6.45, 7) is 0. The van der Waals surface area contributed by atoms with Crippen LogP contribution in [0.3, 0.4) is 0 Å². The van der Waals surface area contributed by atoms with Crippen LogP contribution in [0.5, 0.6) is 0 Å². The van der Waals surface area contributed by atoms with Gasteiger partial charge in [-0.1, -0.05) is 25.7 Å². The van der Waals surface area contributed by atoms with Crippen LogP contribution < -0.4 is 4.90 Å². The van der Waals surface area contributed by atoms with Crippen LogP contribution in [0.25, 0.3) is 10.9 Å².